The molecule has 6 aromatic rings. The van der Waals surface area contributed by atoms with Crippen molar-refractivity contribution in [3.8, 4) is 21.5 Å². The van der Waals surface area contributed by atoms with Crippen LogP contribution in [0.3, 0.4) is 0 Å². The fraction of sp³-hybridized carbons (Fsp3) is 0. The fourth-order valence-electron chi connectivity index (χ4n) is 3.64. The fourth-order valence-corrected chi connectivity index (χ4v) is 4.77. The van der Waals surface area contributed by atoms with Crippen molar-refractivity contribution >= 4 is 43.9 Å². The van der Waals surface area contributed by atoms with E-state index in [-0.39, 0.29) is 11.8 Å². The first kappa shape index (κ1) is 17.7. The van der Waals surface area contributed by atoms with Crippen molar-refractivity contribution in [3.05, 3.63) is 93.6 Å². The van der Waals surface area contributed by atoms with Crippen LogP contribution in [-0.2, 0) is 0 Å². The number of hydrogen-bond donors (Lipinski definition) is 0. The lowest BCUT2D eigenvalue weighted by atomic mass is 10.1. The molecule has 7 heteroatoms. The summed E-state index contributed by atoms with van der Waals surface area (Å²) < 4.78 is 11.1. The zero-order chi connectivity index (χ0) is 20.9. The molecule has 0 aliphatic heterocycles. The molecule has 0 spiro atoms. The molecular formula is C24H12N2O4S. The highest BCUT2D eigenvalue weighted by atomic mass is 32.1. The second-order valence-electron chi connectivity index (χ2n) is 6.95. The molecule has 0 fully saturated rings. The zero-order valence-corrected chi connectivity index (χ0v) is 16.7. The average Bonchev–Trinajstić information content (AvgIpc) is 3.19. The number of benzene rings is 3. The van der Waals surface area contributed by atoms with Crippen LogP contribution in [0.1, 0.15) is 0 Å². The Labute approximate surface area is 178 Å². The van der Waals surface area contributed by atoms with Crippen molar-refractivity contribution in [2.75, 3.05) is 0 Å². The number of nitrogens with zero attached hydrogens (tertiary/aromatic N) is 2. The highest BCUT2D eigenvalue weighted by Crippen LogP contribution is 2.42. The normalized spacial score (nSPS) is 11.5. The van der Waals surface area contributed by atoms with Crippen LogP contribution in [-0.4, -0.2) is 9.97 Å². The Morgan fingerprint density at radius 1 is 0.548 bits per heavy atom. The van der Waals surface area contributed by atoms with Crippen LogP contribution in [0.4, 0.5) is 0 Å². The van der Waals surface area contributed by atoms with E-state index in [0.29, 0.717) is 31.6 Å². The van der Waals surface area contributed by atoms with Crippen LogP contribution < -0.4 is 11.3 Å². The van der Waals surface area contributed by atoms with Gasteiger partial charge in [0, 0.05) is 10.8 Å². The van der Waals surface area contributed by atoms with Crippen LogP contribution in [0, 0.1) is 0 Å². The van der Waals surface area contributed by atoms with Gasteiger partial charge >= 0.3 is 11.3 Å². The first-order chi connectivity index (χ1) is 15.2. The molecular weight excluding hydrogens is 412 g/mol. The van der Waals surface area contributed by atoms with Gasteiger partial charge in [-0.15, -0.1) is 11.3 Å². The lowest BCUT2D eigenvalue weighted by molar-refractivity contribution is 0.520. The topological polar surface area (TPSA) is 86.2 Å². The van der Waals surface area contributed by atoms with E-state index < -0.39 is 11.3 Å². The third kappa shape index (κ3) is 2.78. The summed E-state index contributed by atoms with van der Waals surface area (Å²) >= 11 is 1.32. The van der Waals surface area contributed by atoms with Crippen LogP contribution in [0.25, 0.3) is 54.1 Å². The lowest BCUT2D eigenvalue weighted by Crippen LogP contribution is -2.02. The molecule has 0 radical (unpaired) electrons. The van der Waals surface area contributed by atoms with Gasteiger partial charge in [0.1, 0.15) is 0 Å². The highest BCUT2D eigenvalue weighted by Gasteiger charge is 2.21. The molecule has 31 heavy (non-hydrogen) atoms. The molecule has 6 rings (SSSR count). The van der Waals surface area contributed by atoms with Gasteiger partial charge in [0.2, 0.25) is 11.8 Å². The van der Waals surface area contributed by atoms with Gasteiger partial charge in [-0.25, -0.2) is 19.6 Å². The van der Waals surface area contributed by atoms with E-state index in [2.05, 4.69) is 9.97 Å². The summed E-state index contributed by atoms with van der Waals surface area (Å²) in [4.78, 5) is 35.5. The number of para-hydroxylation sites is 2. The molecule has 3 aromatic carbocycles. The van der Waals surface area contributed by atoms with E-state index in [9.17, 15) is 9.59 Å². The number of hydrogen-bond acceptors (Lipinski definition) is 7. The first-order valence-corrected chi connectivity index (χ1v) is 10.3. The summed E-state index contributed by atoms with van der Waals surface area (Å²) in [5.41, 5.74) is 0.219. The number of fused-ring (bicyclic) bond motifs is 3. The molecule has 6 nitrogen and oxygen atoms in total. The number of rotatable bonds is 2. The second kappa shape index (κ2) is 6.72. The van der Waals surface area contributed by atoms with Crippen LogP contribution in [0.2, 0.25) is 0 Å². The predicted molar refractivity (Wildman–Crippen MR) is 120 cm³/mol. The van der Waals surface area contributed by atoms with Crippen molar-refractivity contribution in [1.29, 1.82) is 0 Å². The maximum absolute atomic E-state index is 12.5. The molecule has 3 heterocycles. The van der Waals surface area contributed by atoms with Gasteiger partial charge in [-0.1, -0.05) is 48.5 Å². The van der Waals surface area contributed by atoms with Crippen LogP contribution in [0.15, 0.2) is 91.2 Å². The number of thiophene rings is 1. The van der Waals surface area contributed by atoms with Gasteiger partial charge in [0.05, 0.1) is 31.6 Å². The van der Waals surface area contributed by atoms with Gasteiger partial charge in [-0.05, 0) is 24.3 Å². The van der Waals surface area contributed by atoms with Crippen LogP contribution >= 0.6 is 11.3 Å². The van der Waals surface area contributed by atoms with E-state index in [4.69, 9.17) is 8.83 Å². The summed E-state index contributed by atoms with van der Waals surface area (Å²) in [6.45, 7) is 0. The highest BCUT2D eigenvalue weighted by molar-refractivity contribution is 7.20. The maximum atomic E-state index is 12.5. The van der Waals surface area contributed by atoms with E-state index in [1.165, 1.54) is 11.3 Å². The minimum atomic E-state index is -0.449. The maximum Gasteiger partial charge on any atom is 0.347 e. The monoisotopic (exact) mass is 424 g/mol. The Kier molecular flexibility index (Phi) is 3.84. The summed E-state index contributed by atoms with van der Waals surface area (Å²) in [5.74, 6) is 0.443. The molecule has 148 valence electrons. The van der Waals surface area contributed by atoms with E-state index >= 15 is 0 Å². The molecule has 0 unspecified atom stereocenters. The van der Waals surface area contributed by atoms with Gasteiger partial charge < -0.3 is 8.83 Å². The van der Waals surface area contributed by atoms with Gasteiger partial charge in [0.15, 0.2) is 0 Å². The quantitative estimate of drug-likeness (QED) is 0.378. The molecule has 0 atom stereocenters. The standard InChI is InChI=1S/C24H12N2O4S/c27-23-15-9-3-5-11-17(15)25-21(29-23)19-13-7-1-2-8-14(13)20(31-19)22-26-18-12-6-4-10-16(18)24(28)30-22/h1-12H. The first-order valence-electron chi connectivity index (χ1n) is 9.51. The third-order valence-electron chi connectivity index (χ3n) is 5.08. The molecule has 0 saturated heterocycles. The average molecular weight is 424 g/mol. The molecule has 0 N–H and O–H groups in total. The Morgan fingerprint density at radius 3 is 1.39 bits per heavy atom. The second-order valence-corrected chi connectivity index (χ2v) is 7.97. The summed E-state index contributed by atoms with van der Waals surface area (Å²) in [6.07, 6.45) is 0. The van der Waals surface area contributed by atoms with E-state index in [1.54, 1.807) is 36.4 Å². The van der Waals surface area contributed by atoms with E-state index in [0.717, 1.165) is 10.8 Å². The molecule has 0 saturated carbocycles. The Hall–Kier alpha value is -4.10. The third-order valence-corrected chi connectivity index (χ3v) is 6.28. The lowest BCUT2D eigenvalue weighted by Gasteiger charge is -2.00. The molecule has 0 amide bonds. The SMILES string of the molecule is O=c1oc(-c2sc(-c3nc4ccccc4c(=O)o3)c3ccccc23)nc2ccccc12. The summed E-state index contributed by atoms with van der Waals surface area (Å²) in [6, 6.07) is 21.7. The Morgan fingerprint density at radius 2 is 0.935 bits per heavy atom. The summed E-state index contributed by atoms with van der Waals surface area (Å²) in [7, 11) is 0. The minimum Gasteiger partial charge on any atom is -0.402 e. The Bertz CT molecular complexity index is 1620. The van der Waals surface area contributed by atoms with Crippen molar-refractivity contribution in [2.24, 2.45) is 0 Å². The largest absolute Gasteiger partial charge is 0.402 e. The van der Waals surface area contributed by atoms with Crippen LogP contribution in [0.5, 0.6) is 0 Å². The molecule has 0 aliphatic carbocycles. The van der Waals surface area contributed by atoms with E-state index in [1.807, 2.05) is 36.4 Å². The molecule has 3 aromatic heterocycles. The van der Waals surface area contributed by atoms with Gasteiger partial charge in [-0.2, -0.15) is 0 Å². The van der Waals surface area contributed by atoms with Crippen molar-refractivity contribution in [3.63, 3.8) is 0 Å². The van der Waals surface area contributed by atoms with Crippen molar-refractivity contribution in [2.45, 2.75) is 0 Å². The summed E-state index contributed by atoms with van der Waals surface area (Å²) in [5, 5.41) is 2.53. The Balaban J connectivity index is 1.65. The number of aromatic nitrogens is 2. The molecule has 0 bridgehead atoms. The predicted octanol–water partition coefficient (Wildman–Crippen LogP) is 5.24. The van der Waals surface area contributed by atoms with Crippen molar-refractivity contribution < 1.29 is 8.83 Å². The zero-order valence-electron chi connectivity index (χ0n) is 15.9. The molecule has 0 aliphatic rings. The minimum absolute atomic E-state index is 0.222. The van der Waals surface area contributed by atoms with Crippen molar-refractivity contribution in [1.82, 2.24) is 9.97 Å². The van der Waals surface area contributed by atoms with Gasteiger partial charge in [0.25, 0.3) is 0 Å². The smallest absolute Gasteiger partial charge is 0.347 e. The van der Waals surface area contributed by atoms with Gasteiger partial charge in [-0.3, -0.25) is 0 Å².